The number of imide groups is 1. The molecule has 1 aromatic heterocycles. The second-order valence-corrected chi connectivity index (χ2v) is 8.29. The highest BCUT2D eigenvalue weighted by Gasteiger charge is 2.41. The van der Waals surface area contributed by atoms with Crippen molar-refractivity contribution in [1.82, 2.24) is 20.1 Å². The molecule has 1 aliphatic carbocycles. The van der Waals surface area contributed by atoms with E-state index < -0.39 is 0 Å². The van der Waals surface area contributed by atoms with Crippen LogP contribution in [0.4, 0.5) is 4.79 Å². The number of rotatable bonds is 4. The molecule has 2 saturated heterocycles. The van der Waals surface area contributed by atoms with Crippen LogP contribution in [0.2, 0.25) is 0 Å². The molecule has 6 heteroatoms. The van der Waals surface area contributed by atoms with E-state index in [4.69, 9.17) is 0 Å². The summed E-state index contributed by atoms with van der Waals surface area (Å²) in [6.45, 7) is 5.18. The number of aromatic amines is 1. The van der Waals surface area contributed by atoms with Gasteiger partial charge >= 0.3 is 6.03 Å². The maximum atomic E-state index is 12.0. The fourth-order valence-corrected chi connectivity index (χ4v) is 5.52. The van der Waals surface area contributed by atoms with E-state index in [1.165, 1.54) is 22.0 Å². The number of fused-ring (bicyclic) bond motifs is 2. The number of likely N-dealkylation sites (tertiary alicyclic amines) is 1. The molecule has 2 N–H and O–H groups in total. The van der Waals surface area contributed by atoms with Gasteiger partial charge in [0.15, 0.2) is 0 Å². The highest BCUT2D eigenvalue weighted by atomic mass is 16.2. The highest BCUT2D eigenvalue weighted by Crippen LogP contribution is 2.44. The molecule has 3 atom stereocenters. The number of urea groups is 1. The van der Waals surface area contributed by atoms with Gasteiger partial charge in [-0.1, -0.05) is 19.1 Å². The largest absolute Gasteiger partial charge is 0.361 e. The molecule has 3 amide bonds. The van der Waals surface area contributed by atoms with Gasteiger partial charge in [-0.15, -0.1) is 0 Å². The highest BCUT2D eigenvalue weighted by molar-refractivity contribution is 6.01. The number of nitrogens with one attached hydrogen (secondary N) is 2. The van der Waals surface area contributed by atoms with Crippen LogP contribution >= 0.6 is 0 Å². The molecule has 3 aliphatic rings. The molecule has 6 nitrogen and oxygen atoms in total. The number of hydrogen-bond acceptors (Lipinski definition) is 3. The summed E-state index contributed by atoms with van der Waals surface area (Å²) in [7, 11) is 0. The molecular weight excluding hydrogens is 340 g/mol. The van der Waals surface area contributed by atoms with Gasteiger partial charge in [-0.05, 0) is 48.9 Å². The number of carbonyl (C=O) groups is 2. The Kier molecular flexibility index (Phi) is 3.97. The third kappa shape index (κ3) is 2.74. The van der Waals surface area contributed by atoms with Gasteiger partial charge in [0.2, 0.25) is 5.91 Å². The summed E-state index contributed by atoms with van der Waals surface area (Å²) in [6.07, 6.45) is 5.48. The number of benzene rings is 1. The average molecular weight is 366 g/mol. The fourth-order valence-electron chi connectivity index (χ4n) is 5.52. The van der Waals surface area contributed by atoms with Crippen molar-refractivity contribution in [1.29, 1.82) is 0 Å². The SMILES string of the molecule is CCCN1CC(CN2CC(=O)NC2=O)C[C@@H]2c3cccc4[nH]cc(c34)C[C@H]21. The minimum atomic E-state index is -0.233. The number of hydrogen-bond donors (Lipinski definition) is 2. The van der Waals surface area contributed by atoms with Crippen molar-refractivity contribution in [3.8, 4) is 0 Å². The monoisotopic (exact) mass is 366 g/mol. The summed E-state index contributed by atoms with van der Waals surface area (Å²) >= 11 is 0. The summed E-state index contributed by atoms with van der Waals surface area (Å²) in [5, 5.41) is 3.81. The lowest BCUT2D eigenvalue weighted by Crippen LogP contribution is -2.52. The van der Waals surface area contributed by atoms with Crippen LogP contribution in [-0.4, -0.2) is 58.9 Å². The zero-order chi connectivity index (χ0) is 18.5. The quantitative estimate of drug-likeness (QED) is 0.817. The van der Waals surface area contributed by atoms with E-state index in [1.807, 2.05) is 0 Å². The average Bonchev–Trinajstić information content (AvgIpc) is 3.20. The van der Waals surface area contributed by atoms with Gasteiger partial charge in [-0.25, -0.2) is 4.79 Å². The van der Waals surface area contributed by atoms with Crippen molar-refractivity contribution in [3.63, 3.8) is 0 Å². The van der Waals surface area contributed by atoms with E-state index >= 15 is 0 Å². The van der Waals surface area contributed by atoms with Gasteiger partial charge in [0.25, 0.3) is 0 Å². The number of amides is 3. The first-order valence-electron chi connectivity index (χ1n) is 10.1. The Morgan fingerprint density at radius 1 is 1.26 bits per heavy atom. The number of H-pyrrole nitrogens is 1. The summed E-state index contributed by atoms with van der Waals surface area (Å²) in [5.41, 5.74) is 4.12. The van der Waals surface area contributed by atoms with Crippen LogP contribution in [0.1, 0.15) is 36.8 Å². The van der Waals surface area contributed by atoms with E-state index in [9.17, 15) is 9.59 Å². The first-order valence-corrected chi connectivity index (χ1v) is 10.1. The van der Waals surface area contributed by atoms with E-state index in [0.29, 0.717) is 24.4 Å². The molecule has 0 radical (unpaired) electrons. The third-order valence-electron chi connectivity index (χ3n) is 6.52. The smallest absolute Gasteiger partial charge is 0.324 e. The molecule has 142 valence electrons. The first-order chi connectivity index (χ1) is 13.1. The summed E-state index contributed by atoms with van der Waals surface area (Å²) in [5.74, 6) is 0.701. The Bertz CT molecular complexity index is 905. The number of piperidine rings is 1. The minimum absolute atomic E-state index is 0.182. The van der Waals surface area contributed by atoms with Crippen molar-refractivity contribution < 1.29 is 9.59 Å². The molecule has 0 spiro atoms. The van der Waals surface area contributed by atoms with Crippen LogP contribution in [0.3, 0.4) is 0 Å². The Morgan fingerprint density at radius 2 is 2.15 bits per heavy atom. The van der Waals surface area contributed by atoms with Gasteiger partial charge in [-0.2, -0.15) is 0 Å². The predicted octanol–water partition coefficient (Wildman–Crippen LogP) is 2.46. The second-order valence-electron chi connectivity index (χ2n) is 8.29. The lowest BCUT2D eigenvalue weighted by Gasteiger charge is -2.47. The van der Waals surface area contributed by atoms with E-state index in [2.05, 4.69) is 46.5 Å². The van der Waals surface area contributed by atoms with Crippen molar-refractivity contribution >= 4 is 22.8 Å². The molecule has 1 unspecified atom stereocenters. The number of aromatic nitrogens is 1. The van der Waals surface area contributed by atoms with Gasteiger partial charge < -0.3 is 9.88 Å². The Morgan fingerprint density at radius 3 is 2.93 bits per heavy atom. The van der Waals surface area contributed by atoms with Gasteiger partial charge in [0.1, 0.15) is 6.54 Å². The first kappa shape index (κ1) is 16.8. The lowest BCUT2D eigenvalue weighted by atomic mass is 9.72. The maximum Gasteiger partial charge on any atom is 0.324 e. The van der Waals surface area contributed by atoms with Crippen molar-refractivity contribution in [2.45, 2.75) is 38.1 Å². The predicted molar refractivity (Wildman–Crippen MR) is 104 cm³/mol. The summed E-state index contributed by atoms with van der Waals surface area (Å²) < 4.78 is 0. The van der Waals surface area contributed by atoms with Gasteiger partial charge in [0.05, 0.1) is 0 Å². The molecule has 2 aliphatic heterocycles. The van der Waals surface area contributed by atoms with Crippen LogP contribution in [0.25, 0.3) is 10.9 Å². The third-order valence-corrected chi connectivity index (χ3v) is 6.52. The zero-order valence-electron chi connectivity index (χ0n) is 15.7. The topological polar surface area (TPSA) is 68.4 Å². The summed E-state index contributed by atoms with van der Waals surface area (Å²) in [6, 6.07) is 6.90. The maximum absolute atomic E-state index is 12.0. The molecule has 5 rings (SSSR count). The summed E-state index contributed by atoms with van der Waals surface area (Å²) in [4.78, 5) is 31.3. The van der Waals surface area contributed by atoms with Crippen molar-refractivity contribution in [2.24, 2.45) is 5.92 Å². The molecule has 0 saturated carbocycles. The lowest BCUT2D eigenvalue weighted by molar-refractivity contribution is -0.118. The van der Waals surface area contributed by atoms with E-state index in [0.717, 1.165) is 32.4 Å². The minimum Gasteiger partial charge on any atom is -0.361 e. The Balaban J connectivity index is 1.46. The molecule has 3 heterocycles. The normalized spacial score (nSPS) is 27.9. The Labute approximate surface area is 158 Å². The van der Waals surface area contributed by atoms with Crippen LogP contribution in [0.15, 0.2) is 24.4 Å². The number of carbonyl (C=O) groups excluding carboxylic acids is 2. The van der Waals surface area contributed by atoms with E-state index in [1.54, 1.807) is 4.90 Å². The molecular formula is C21H26N4O2. The van der Waals surface area contributed by atoms with E-state index in [-0.39, 0.29) is 18.5 Å². The van der Waals surface area contributed by atoms with Crippen LogP contribution in [-0.2, 0) is 11.2 Å². The van der Waals surface area contributed by atoms with Crippen LogP contribution < -0.4 is 5.32 Å². The fraction of sp³-hybridized carbons (Fsp3) is 0.524. The molecule has 0 bridgehead atoms. The van der Waals surface area contributed by atoms with Gasteiger partial charge in [0, 0.05) is 42.1 Å². The number of nitrogens with zero attached hydrogens (tertiary/aromatic N) is 2. The standard InChI is InChI=1S/C21H26N4O2/c1-2-6-24-10-13(11-25-12-19(26)23-21(25)27)7-16-15-4-3-5-17-20(15)14(9-22-17)8-18(16)24/h3-5,9,13,16,18,22H,2,6-8,10-12H2,1H3,(H,23,26,27)/t13?,16-,18-/m1/s1. The zero-order valence-corrected chi connectivity index (χ0v) is 15.7. The molecule has 27 heavy (non-hydrogen) atoms. The molecule has 2 fully saturated rings. The molecule has 2 aromatic rings. The van der Waals surface area contributed by atoms with Crippen LogP contribution in [0.5, 0.6) is 0 Å². The Hall–Kier alpha value is -2.34. The van der Waals surface area contributed by atoms with Gasteiger partial charge in [-0.3, -0.25) is 15.0 Å². The van der Waals surface area contributed by atoms with Crippen molar-refractivity contribution in [2.75, 3.05) is 26.2 Å². The van der Waals surface area contributed by atoms with Crippen molar-refractivity contribution in [3.05, 3.63) is 35.5 Å². The van der Waals surface area contributed by atoms with Crippen LogP contribution in [0, 0.1) is 5.92 Å². The second kappa shape index (κ2) is 6.37. The molecule has 1 aromatic carbocycles.